The molecule has 0 aliphatic heterocycles. The quantitative estimate of drug-likeness (QED) is 0.730. The third-order valence-electron chi connectivity index (χ3n) is 2.26. The summed E-state index contributed by atoms with van der Waals surface area (Å²) in [5, 5.41) is 9.53. The van der Waals surface area contributed by atoms with Gasteiger partial charge in [-0.1, -0.05) is 30.3 Å². The first kappa shape index (κ1) is 12.7. The zero-order valence-electron chi connectivity index (χ0n) is 9.30. The molecular weight excluding hydrogens is 206 g/mol. The zero-order valence-corrected chi connectivity index (χ0v) is 9.30. The molecule has 4 heteroatoms. The number of nitrogens with two attached hydrogens (primary N) is 1. The minimum Gasteiger partial charge on any atom is -0.464 e. The van der Waals surface area contributed by atoms with E-state index >= 15 is 0 Å². The van der Waals surface area contributed by atoms with Crippen LogP contribution in [0, 0.1) is 0 Å². The molecule has 0 radical (unpaired) electrons. The Morgan fingerprint density at radius 3 is 2.62 bits per heavy atom. The summed E-state index contributed by atoms with van der Waals surface area (Å²) in [6, 6.07) is 8.99. The van der Waals surface area contributed by atoms with Crippen LogP contribution in [0.5, 0.6) is 0 Å². The lowest BCUT2D eigenvalue weighted by Gasteiger charge is -2.15. The second-order valence-corrected chi connectivity index (χ2v) is 3.52. The largest absolute Gasteiger partial charge is 0.464 e. The average molecular weight is 223 g/mol. The molecule has 0 saturated heterocycles. The summed E-state index contributed by atoms with van der Waals surface area (Å²) in [7, 11) is 0. The zero-order chi connectivity index (χ0) is 12.0. The maximum Gasteiger partial charge on any atom is 0.335 e. The molecular formula is C12H17NO3. The SMILES string of the molecule is CCOC(=O)C(O)CC(N)c1ccccc1. The van der Waals surface area contributed by atoms with E-state index in [-0.39, 0.29) is 19.1 Å². The van der Waals surface area contributed by atoms with E-state index < -0.39 is 12.1 Å². The molecule has 0 aliphatic carbocycles. The van der Waals surface area contributed by atoms with Gasteiger partial charge in [0, 0.05) is 12.5 Å². The summed E-state index contributed by atoms with van der Waals surface area (Å²) in [6.45, 7) is 1.96. The average Bonchev–Trinajstić information content (AvgIpc) is 2.30. The first-order chi connectivity index (χ1) is 7.65. The van der Waals surface area contributed by atoms with Crippen molar-refractivity contribution in [3.63, 3.8) is 0 Å². The van der Waals surface area contributed by atoms with Crippen molar-refractivity contribution in [3.05, 3.63) is 35.9 Å². The number of esters is 1. The molecule has 16 heavy (non-hydrogen) atoms. The van der Waals surface area contributed by atoms with Crippen molar-refractivity contribution in [1.82, 2.24) is 0 Å². The van der Waals surface area contributed by atoms with Crippen molar-refractivity contribution in [2.45, 2.75) is 25.5 Å². The lowest BCUT2D eigenvalue weighted by atomic mass is 10.0. The molecule has 0 aromatic heterocycles. The van der Waals surface area contributed by atoms with Gasteiger partial charge in [0.15, 0.2) is 6.10 Å². The highest BCUT2D eigenvalue weighted by molar-refractivity contribution is 5.74. The van der Waals surface area contributed by atoms with Gasteiger partial charge in [-0.15, -0.1) is 0 Å². The summed E-state index contributed by atoms with van der Waals surface area (Å²) < 4.78 is 4.70. The molecule has 0 spiro atoms. The van der Waals surface area contributed by atoms with Gasteiger partial charge < -0.3 is 15.6 Å². The van der Waals surface area contributed by atoms with E-state index in [2.05, 4.69) is 0 Å². The van der Waals surface area contributed by atoms with E-state index in [9.17, 15) is 9.90 Å². The third kappa shape index (κ3) is 3.64. The molecule has 88 valence electrons. The van der Waals surface area contributed by atoms with E-state index in [1.54, 1.807) is 6.92 Å². The number of hydrogen-bond donors (Lipinski definition) is 2. The number of aliphatic hydroxyl groups is 1. The monoisotopic (exact) mass is 223 g/mol. The number of hydrogen-bond acceptors (Lipinski definition) is 4. The van der Waals surface area contributed by atoms with Crippen molar-refractivity contribution < 1.29 is 14.6 Å². The number of rotatable bonds is 5. The maximum absolute atomic E-state index is 11.2. The van der Waals surface area contributed by atoms with Crippen LogP contribution >= 0.6 is 0 Å². The van der Waals surface area contributed by atoms with Crippen LogP contribution in [-0.4, -0.2) is 23.8 Å². The lowest BCUT2D eigenvalue weighted by molar-refractivity contribution is -0.153. The van der Waals surface area contributed by atoms with Crippen LogP contribution in [0.15, 0.2) is 30.3 Å². The molecule has 2 atom stereocenters. The molecule has 4 nitrogen and oxygen atoms in total. The molecule has 1 rings (SSSR count). The number of carbonyl (C=O) groups is 1. The Hall–Kier alpha value is -1.39. The van der Waals surface area contributed by atoms with Crippen LogP contribution in [-0.2, 0) is 9.53 Å². The first-order valence-electron chi connectivity index (χ1n) is 5.30. The Kier molecular flexibility index (Phi) is 4.95. The van der Waals surface area contributed by atoms with Crippen molar-refractivity contribution >= 4 is 5.97 Å². The van der Waals surface area contributed by atoms with Crippen LogP contribution in [0.1, 0.15) is 24.9 Å². The van der Waals surface area contributed by atoms with Crippen LogP contribution in [0.4, 0.5) is 0 Å². The Labute approximate surface area is 95.0 Å². The molecule has 0 fully saturated rings. The molecule has 0 aliphatic rings. The second kappa shape index (κ2) is 6.25. The van der Waals surface area contributed by atoms with Crippen LogP contribution in [0.25, 0.3) is 0 Å². The fourth-order valence-electron chi connectivity index (χ4n) is 1.41. The summed E-state index contributed by atoms with van der Waals surface area (Å²) >= 11 is 0. The van der Waals surface area contributed by atoms with Crippen molar-refractivity contribution in [2.24, 2.45) is 5.73 Å². The van der Waals surface area contributed by atoms with Crippen LogP contribution < -0.4 is 5.73 Å². The predicted octanol–water partition coefficient (Wildman–Crippen LogP) is 1.00. The molecule has 1 aromatic carbocycles. The number of benzene rings is 1. The Balaban J connectivity index is 2.51. The molecule has 0 heterocycles. The summed E-state index contributed by atoms with van der Waals surface area (Å²) in [5.41, 5.74) is 6.76. The molecule has 2 unspecified atom stereocenters. The lowest BCUT2D eigenvalue weighted by Crippen LogP contribution is -2.27. The fraction of sp³-hybridized carbons (Fsp3) is 0.417. The molecule has 0 bridgehead atoms. The van der Waals surface area contributed by atoms with E-state index in [0.29, 0.717) is 0 Å². The summed E-state index contributed by atoms with van der Waals surface area (Å²) in [5.74, 6) is -0.617. The number of carbonyl (C=O) groups excluding carboxylic acids is 1. The van der Waals surface area contributed by atoms with E-state index in [4.69, 9.17) is 10.5 Å². The normalized spacial score (nSPS) is 14.2. The summed E-state index contributed by atoms with van der Waals surface area (Å²) in [6.07, 6.45) is -0.988. The second-order valence-electron chi connectivity index (χ2n) is 3.52. The van der Waals surface area contributed by atoms with E-state index in [1.165, 1.54) is 0 Å². The highest BCUT2D eigenvalue weighted by Gasteiger charge is 2.20. The smallest absolute Gasteiger partial charge is 0.335 e. The number of aliphatic hydroxyl groups excluding tert-OH is 1. The van der Waals surface area contributed by atoms with Gasteiger partial charge in [0.05, 0.1) is 6.61 Å². The van der Waals surface area contributed by atoms with Gasteiger partial charge >= 0.3 is 5.97 Å². The van der Waals surface area contributed by atoms with Gasteiger partial charge in [-0.05, 0) is 12.5 Å². The maximum atomic E-state index is 11.2. The Morgan fingerprint density at radius 2 is 2.06 bits per heavy atom. The summed E-state index contributed by atoms with van der Waals surface area (Å²) in [4.78, 5) is 11.2. The van der Waals surface area contributed by atoms with Gasteiger partial charge in [0.2, 0.25) is 0 Å². The minimum absolute atomic E-state index is 0.169. The Morgan fingerprint density at radius 1 is 1.44 bits per heavy atom. The topological polar surface area (TPSA) is 72.5 Å². The Bertz CT molecular complexity index is 326. The highest BCUT2D eigenvalue weighted by atomic mass is 16.5. The number of ether oxygens (including phenoxy) is 1. The molecule has 0 amide bonds. The first-order valence-corrected chi connectivity index (χ1v) is 5.30. The van der Waals surface area contributed by atoms with Gasteiger partial charge in [-0.2, -0.15) is 0 Å². The molecule has 0 saturated carbocycles. The highest BCUT2D eigenvalue weighted by Crippen LogP contribution is 2.15. The van der Waals surface area contributed by atoms with Crippen molar-refractivity contribution in [1.29, 1.82) is 0 Å². The van der Waals surface area contributed by atoms with E-state index in [1.807, 2.05) is 30.3 Å². The molecule has 3 N–H and O–H groups in total. The molecule has 1 aromatic rings. The third-order valence-corrected chi connectivity index (χ3v) is 2.26. The van der Waals surface area contributed by atoms with Gasteiger partial charge in [0.25, 0.3) is 0 Å². The fourth-order valence-corrected chi connectivity index (χ4v) is 1.41. The van der Waals surface area contributed by atoms with Gasteiger partial charge in [-0.25, -0.2) is 4.79 Å². The van der Waals surface area contributed by atoms with Gasteiger partial charge in [0.1, 0.15) is 0 Å². The van der Waals surface area contributed by atoms with Crippen molar-refractivity contribution in [3.8, 4) is 0 Å². The standard InChI is InChI=1S/C12H17NO3/c1-2-16-12(15)11(14)8-10(13)9-6-4-3-5-7-9/h3-7,10-11,14H,2,8,13H2,1H3. The van der Waals surface area contributed by atoms with Crippen LogP contribution in [0.2, 0.25) is 0 Å². The minimum atomic E-state index is -1.16. The van der Waals surface area contributed by atoms with Gasteiger partial charge in [-0.3, -0.25) is 0 Å². The van der Waals surface area contributed by atoms with Crippen LogP contribution in [0.3, 0.4) is 0 Å². The predicted molar refractivity (Wildman–Crippen MR) is 60.6 cm³/mol. The van der Waals surface area contributed by atoms with Crippen molar-refractivity contribution in [2.75, 3.05) is 6.61 Å². The van der Waals surface area contributed by atoms with E-state index in [0.717, 1.165) is 5.56 Å².